The Kier molecular flexibility index (Phi) is 4.41. The van der Waals surface area contributed by atoms with E-state index in [9.17, 15) is 0 Å². The molecule has 8 rings (SSSR count). The third kappa shape index (κ3) is 3.04. The van der Waals surface area contributed by atoms with Crippen LogP contribution in [0.3, 0.4) is 0 Å². The molecule has 0 saturated heterocycles. The van der Waals surface area contributed by atoms with Crippen molar-refractivity contribution in [2.75, 3.05) is 0 Å². The molecule has 6 aromatic carbocycles. The van der Waals surface area contributed by atoms with Crippen molar-refractivity contribution in [2.24, 2.45) is 0 Å². The molecule has 0 bridgehead atoms. The first-order chi connectivity index (χ1) is 18.4. The molecule has 1 aliphatic carbocycles. The second kappa shape index (κ2) is 7.94. The smallest absolute Gasteiger partial charge is 0.131 e. The van der Waals surface area contributed by atoms with Crippen LogP contribution in [0.25, 0.3) is 49.0 Å². The molecule has 1 heteroatoms. The fourth-order valence-corrected chi connectivity index (χ4v) is 6.35. The highest BCUT2D eigenvalue weighted by Gasteiger charge is 2.34. The van der Waals surface area contributed by atoms with Crippen molar-refractivity contribution in [2.45, 2.75) is 12.3 Å². The highest BCUT2D eigenvalue weighted by molar-refractivity contribution is 6.19. The molecule has 1 nitrogen and oxygen atoms in total. The predicted molar refractivity (Wildman–Crippen MR) is 155 cm³/mol. The Labute approximate surface area is 216 Å². The molecular formula is C36H24O. The Hall–Kier alpha value is -4.62. The van der Waals surface area contributed by atoms with Gasteiger partial charge in [-0.3, -0.25) is 0 Å². The standard InChI is InChI=1S/C36H24O/c1-2-11-23(12-3-1)34-26-15-6-8-17-28(26)35(29-18-9-7-16-27(29)34)31-20-10-19-30-32-21-24-13-4-5-14-25(24)22-33(32)37-36(30)31/h1-18,20-22,30H,19H2. The highest BCUT2D eigenvalue weighted by atomic mass is 16.5. The van der Waals surface area contributed by atoms with Crippen LogP contribution in [0, 0.1) is 0 Å². The van der Waals surface area contributed by atoms with Gasteiger partial charge >= 0.3 is 0 Å². The summed E-state index contributed by atoms with van der Waals surface area (Å²) in [5, 5.41) is 7.55. The van der Waals surface area contributed by atoms with E-state index >= 15 is 0 Å². The molecule has 1 heterocycles. The van der Waals surface area contributed by atoms with Crippen molar-refractivity contribution < 1.29 is 4.74 Å². The molecule has 0 amide bonds. The zero-order valence-corrected chi connectivity index (χ0v) is 20.3. The number of allylic oxidation sites excluding steroid dienone is 4. The van der Waals surface area contributed by atoms with Gasteiger partial charge in [0, 0.05) is 22.6 Å². The van der Waals surface area contributed by atoms with Crippen molar-refractivity contribution >= 4 is 37.9 Å². The molecule has 37 heavy (non-hydrogen) atoms. The summed E-state index contributed by atoms with van der Waals surface area (Å²) in [4.78, 5) is 0. The monoisotopic (exact) mass is 472 g/mol. The summed E-state index contributed by atoms with van der Waals surface area (Å²) < 4.78 is 6.73. The normalized spacial score (nSPS) is 16.3. The summed E-state index contributed by atoms with van der Waals surface area (Å²) in [7, 11) is 0. The van der Waals surface area contributed by atoms with E-state index in [1.165, 1.54) is 60.1 Å². The van der Waals surface area contributed by atoms with Gasteiger partial charge in [-0.2, -0.15) is 0 Å². The number of hydrogen-bond acceptors (Lipinski definition) is 1. The van der Waals surface area contributed by atoms with E-state index in [1.807, 2.05) is 0 Å². The van der Waals surface area contributed by atoms with E-state index in [0.717, 1.165) is 17.9 Å². The lowest BCUT2D eigenvalue weighted by Gasteiger charge is -2.22. The quantitative estimate of drug-likeness (QED) is 0.228. The molecule has 1 atom stereocenters. The largest absolute Gasteiger partial charge is 0.460 e. The summed E-state index contributed by atoms with van der Waals surface area (Å²) in [5.41, 5.74) is 6.29. The van der Waals surface area contributed by atoms with Gasteiger partial charge in [-0.25, -0.2) is 0 Å². The van der Waals surface area contributed by atoms with Gasteiger partial charge in [-0.05, 0) is 62.0 Å². The van der Waals surface area contributed by atoms with E-state index in [4.69, 9.17) is 4.74 Å². The average molecular weight is 473 g/mol. The van der Waals surface area contributed by atoms with Gasteiger partial charge in [0.1, 0.15) is 11.5 Å². The lowest BCUT2D eigenvalue weighted by atomic mass is 9.81. The maximum atomic E-state index is 6.73. The topological polar surface area (TPSA) is 9.23 Å². The lowest BCUT2D eigenvalue weighted by molar-refractivity contribution is 0.429. The van der Waals surface area contributed by atoms with Crippen LogP contribution in [0.15, 0.2) is 133 Å². The van der Waals surface area contributed by atoms with Crippen LogP contribution in [-0.4, -0.2) is 0 Å². The third-order valence-corrected chi connectivity index (χ3v) is 7.97. The second-order valence-corrected chi connectivity index (χ2v) is 10.0. The van der Waals surface area contributed by atoms with Crippen LogP contribution in [0.5, 0.6) is 5.75 Å². The van der Waals surface area contributed by atoms with Gasteiger partial charge in [-0.15, -0.1) is 0 Å². The maximum absolute atomic E-state index is 6.73. The van der Waals surface area contributed by atoms with E-state index in [0.29, 0.717) is 0 Å². The molecule has 0 radical (unpaired) electrons. The minimum Gasteiger partial charge on any atom is -0.460 e. The molecule has 174 valence electrons. The SMILES string of the molecule is C1=CC(c2c3ccccc3c(-c3ccccc3)c3ccccc23)=C2Oc3cc4ccccc4cc3C2C1. The predicted octanol–water partition coefficient (Wildman–Crippen LogP) is 9.66. The maximum Gasteiger partial charge on any atom is 0.131 e. The van der Waals surface area contributed by atoms with Crippen molar-refractivity contribution in [3.05, 3.63) is 144 Å². The molecule has 0 aromatic heterocycles. The van der Waals surface area contributed by atoms with Gasteiger partial charge in [0.05, 0.1) is 0 Å². The fraction of sp³-hybridized carbons (Fsp3) is 0.0556. The number of benzene rings is 6. The Morgan fingerprint density at radius 1 is 0.568 bits per heavy atom. The van der Waals surface area contributed by atoms with Crippen LogP contribution in [-0.2, 0) is 0 Å². The number of ether oxygens (including phenoxy) is 1. The van der Waals surface area contributed by atoms with E-state index < -0.39 is 0 Å². The van der Waals surface area contributed by atoms with E-state index in [2.05, 4.69) is 127 Å². The fourth-order valence-electron chi connectivity index (χ4n) is 6.35. The van der Waals surface area contributed by atoms with Crippen LogP contribution < -0.4 is 4.74 Å². The molecule has 1 aliphatic heterocycles. The van der Waals surface area contributed by atoms with E-state index in [1.54, 1.807) is 0 Å². The summed E-state index contributed by atoms with van der Waals surface area (Å²) >= 11 is 0. The Morgan fingerprint density at radius 2 is 1.14 bits per heavy atom. The van der Waals surface area contributed by atoms with Gasteiger partial charge in [0.2, 0.25) is 0 Å². The van der Waals surface area contributed by atoms with Crippen molar-refractivity contribution in [3.8, 4) is 16.9 Å². The number of fused-ring (bicyclic) bond motifs is 6. The molecular weight excluding hydrogens is 448 g/mol. The molecule has 1 unspecified atom stereocenters. The Bertz CT molecular complexity index is 1870. The first-order valence-electron chi connectivity index (χ1n) is 13.0. The van der Waals surface area contributed by atoms with Crippen LogP contribution >= 0.6 is 0 Å². The first-order valence-corrected chi connectivity index (χ1v) is 13.0. The van der Waals surface area contributed by atoms with Gasteiger partial charge in [0.15, 0.2) is 0 Å². The summed E-state index contributed by atoms with van der Waals surface area (Å²) in [6.07, 6.45) is 5.57. The van der Waals surface area contributed by atoms with Crippen LogP contribution in [0.2, 0.25) is 0 Å². The minimum atomic E-state index is 0.242. The Balaban J connectivity index is 1.44. The van der Waals surface area contributed by atoms with Gasteiger partial charge < -0.3 is 4.74 Å². The zero-order chi connectivity index (χ0) is 24.3. The van der Waals surface area contributed by atoms with Crippen molar-refractivity contribution in [3.63, 3.8) is 0 Å². The minimum absolute atomic E-state index is 0.242. The lowest BCUT2D eigenvalue weighted by Crippen LogP contribution is -2.06. The van der Waals surface area contributed by atoms with Crippen molar-refractivity contribution in [1.82, 2.24) is 0 Å². The van der Waals surface area contributed by atoms with Gasteiger partial charge in [-0.1, -0.05) is 115 Å². The number of hydrogen-bond donors (Lipinski definition) is 0. The second-order valence-electron chi connectivity index (χ2n) is 10.0. The third-order valence-electron chi connectivity index (χ3n) is 7.97. The molecule has 6 aromatic rings. The van der Waals surface area contributed by atoms with Crippen LogP contribution in [0.4, 0.5) is 0 Å². The molecule has 0 fully saturated rings. The molecule has 0 saturated carbocycles. The zero-order valence-electron chi connectivity index (χ0n) is 20.3. The highest BCUT2D eigenvalue weighted by Crippen LogP contribution is 2.51. The van der Waals surface area contributed by atoms with E-state index in [-0.39, 0.29) is 5.92 Å². The summed E-state index contributed by atoms with van der Waals surface area (Å²) in [5.74, 6) is 2.32. The van der Waals surface area contributed by atoms with Gasteiger partial charge in [0.25, 0.3) is 0 Å². The summed E-state index contributed by atoms with van der Waals surface area (Å²) in [6, 6.07) is 41.5. The molecule has 2 aliphatic rings. The molecule has 0 spiro atoms. The molecule has 0 N–H and O–H groups in total. The summed E-state index contributed by atoms with van der Waals surface area (Å²) in [6.45, 7) is 0. The van der Waals surface area contributed by atoms with Crippen molar-refractivity contribution in [1.29, 1.82) is 0 Å². The Morgan fingerprint density at radius 3 is 1.81 bits per heavy atom. The van der Waals surface area contributed by atoms with Crippen LogP contribution in [0.1, 0.15) is 23.5 Å². The number of rotatable bonds is 2. The first kappa shape index (κ1) is 20.6. The average Bonchev–Trinajstić information content (AvgIpc) is 3.33.